The lowest BCUT2D eigenvalue weighted by Gasteiger charge is -2.38. The zero-order valence-corrected chi connectivity index (χ0v) is 17.3. The molecule has 0 saturated carbocycles. The first-order valence-electron chi connectivity index (χ1n) is 10.4. The van der Waals surface area contributed by atoms with Crippen LogP contribution in [0, 0.1) is 17.5 Å². The molecule has 2 aliphatic rings. The van der Waals surface area contributed by atoms with Gasteiger partial charge >= 0.3 is 0 Å². The van der Waals surface area contributed by atoms with E-state index in [4.69, 9.17) is 0 Å². The number of benzene rings is 1. The minimum absolute atomic E-state index is 0.0132. The molecule has 2 amide bonds. The smallest absolute Gasteiger partial charge is 0.274 e. The fourth-order valence-corrected chi connectivity index (χ4v) is 4.53. The first-order valence-corrected chi connectivity index (χ1v) is 10.4. The van der Waals surface area contributed by atoms with Crippen LogP contribution < -0.4 is 10.7 Å². The average Bonchev–Trinajstić information content (AvgIpc) is 2.93. The van der Waals surface area contributed by atoms with Gasteiger partial charge in [0, 0.05) is 43.0 Å². The number of amides is 2. The van der Waals surface area contributed by atoms with Gasteiger partial charge in [0.1, 0.15) is 23.0 Å². The van der Waals surface area contributed by atoms with Crippen LogP contribution in [-0.4, -0.2) is 39.0 Å². The van der Waals surface area contributed by atoms with Gasteiger partial charge < -0.3 is 19.9 Å². The van der Waals surface area contributed by atoms with Gasteiger partial charge in [-0.1, -0.05) is 6.92 Å². The molecule has 3 heterocycles. The van der Waals surface area contributed by atoms with Crippen molar-refractivity contribution in [2.75, 3.05) is 6.54 Å². The number of halogens is 3. The van der Waals surface area contributed by atoms with Crippen molar-refractivity contribution in [2.45, 2.75) is 51.2 Å². The van der Waals surface area contributed by atoms with E-state index in [2.05, 4.69) is 5.32 Å². The highest BCUT2D eigenvalue weighted by atomic mass is 19.1. The molecule has 2 aromatic rings. The minimum atomic E-state index is -1.18. The summed E-state index contributed by atoms with van der Waals surface area (Å²) in [7, 11) is 0. The van der Waals surface area contributed by atoms with Crippen molar-refractivity contribution in [2.24, 2.45) is 0 Å². The normalized spacial score (nSPS) is 20.0. The highest BCUT2D eigenvalue weighted by Gasteiger charge is 2.39. The Morgan fingerprint density at radius 2 is 1.88 bits per heavy atom. The van der Waals surface area contributed by atoms with E-state index in [1.807, 2.05) is 6.92 Å². The number of carbonyl (C=O) groups is 2. The van der Waals surface area contributed by atoms with Crippen molar-refractivity contribution in [1.29, 1.82) is 0 Å². The fraction of sp³-hybridized carbons (Fsp3) is 0.409. The lowest BCUT2D eigenvalue weighted by molar-refractivity contribution is 0.0583. The molecule has 4 rings (SSSR count). The molecule has 0 radical (unpaired) electrons. The summed E-state index contributed by atoms with van der Waals surface area (Å²) in [6.07, 6.45) is 4.31. The van der Waals surface area contributed by atoms with Crippen molar-refractivity contribution < 1.29 is 27.9 Å². The largest absolute Gasteiger partial charge is 0.503 e. The van der Waals surface area contributed by atoms with Crippen LogP contribution in [0.2, 0.25) is 0 Å². The number of pyridine rings is 1. The summed E-state index contributed by atoms with van der Waals surface area (Å²) in [6.45, 7) is 1.74. The van der Waals surface area contributed by atoms with Gasteiger partial charge in [-0.15, -0.1) is 0 Å². The third-order valence-electron chi connectivity index (χ3n) is 6.24. The van der Waals surface area contributed by atoms with Crippen molar-refractivity contribution in [3.8, 4) is 5.75 Å². The first kappa shape index (κ1) is 21.9. The number of aromatic nitrogens is 1. The molecule has 2 N–H and O–H groups in total. The summed E-state index contributed by atoms with van der Waals surface area (Å²) in [5.74, 6) is -5.72. The van der Waals surface area contributed by atoms with Gasteiger partial charge in [-0.3, -0.25) is 14.4 Å². The Labute approximate surface area is 181 Å². The van der Waals surface area contributed by atoms with Crippen LogP contribution in [-0.2, 0) is 6.54 Å². The molecule has 2 aliphatic heterocycles. The third kappa shape index (κ3) is 3.63. The summed E-state index contributed by atoms with van der Waals surface area (Å²) in [4.78, 5) is 40.0. The van der Waals surface area contributed by atoms with Crippen LogP contribution in [0.4, 0.5) is 13.2 Å². The number of nitrogens with one attached hydrogen (secondary N) is 1. The van der Waals surface area contributed by atoms with Crippen LogP contribution in [0.1, 0.15) is 65.1 Å². The van der Waals surface area contributed by atoms with Gasteiger partial charge in [-0.2, -0.15) is 0 Å². The molecule has 0 spiro atoms. The molecule has 1 saturated heterocycles. The van der Waals surface area contributed by atoms with Gasteiger partial charge in [0.15, 0.2) is 11.4 Å². The SMILES string of the molecule is CC[C@@H]1CCC[C@H]2CN1C(=O)c1c(O)c(=O)c(C(=O)NCc3c(F)cc(F)cc3F)cn12. The molecule has 170 valence electrons. The Kier molecular flexibility index (Phi) is 5.70. The maximum absolute atomic E-state index is 13.8. The molecule has 2 bridgehead atoms. The lowest BCUT2D eigenvalue weighted by Crippen LogP contribution is -2.48. The Bertz CT molecular complexity index is 1140. The lowest BCUT2D eigenvalue weighted by atomic mass is 10.1. The van der Waals surface area contributed by atoms with E-state index in [1.54, 1.807) is 4.90 Å². The summed E-state index contributed by atoms with van der Waals surface area (Å²) in [5, 5.41) is 12.8. The number of aromatic hydroxyl groups is 1. The Morgan fingerprint density at radius 3 is 2.53 bits per heavy atom. The molecule has 10 heteroatoms. The summed E-state index contributed by atoms with van der Waals surface area (Å²) in [6, 6.07) is 0.762. The van der Waals surface area contributed by atoms with Gasteiger partial charge in [-0.05, 0) is 25.7 Å². The monoisotopic (exact) mass is 449 g/mol. The molecular weight excluding hydrogens is 427 g/mol. The van der Waals surface area contributed by atoms with Crippen LogP contribution in [0.3, 0.4) is 0 Å². The van der Waals surface area contributed by atoms with Gasteiger partial charge in [-0.25, -0.2) is 13.2 Å². The molecule has 0 aliphatic carbocycles. The van der Waals surface area contributed by atoms with Crippen molar-refractivity contribution in [3.63, 3.8) is 0 Å². The van der Waals surface area contributed by atoms with E-state index in [-0.39, 0.29) is 17.8 Å². The van der Waals surface area contributed by atoms with Crippen molar-refractivity contribution in [3.05, 3.63) is 62.8 Å². The number of nitrogens with zero attached hydrogens (tertiary/aromatic N) is 2. The van der Waals surface area contributed by atoms with Crippen LogP contribution in [0.25, 0.3) is 0 Å². The number of carbonyl (C=O) groups excluding carboxylic acids is 2. The minimum Gasteiger partial charge on any atom is -0.503 e. The quantitative estimate of drug-likeness (QED) is 0.751. The zero-order valence-electron chi connectivity index (χ0n) is 17.3. The highest BCUT2D eigenvalue weighted by molar-refractivity contribution is 5.99. The van der Waals surface area contributed by atoms with Crippen molar-refractivity contribution >= 4 is 11.8 Å². The second kappa shape index (κ2) is 8.33. The standard InChI is InChI=1S/C22H22F3N3O4/c1-2-12-4-3-5-13-9-28(12)22(32)18-20(30)19(29)15(10-27(13)18)21(31)26-8-14-16(24)6-11(23)7-17(14)25/h6-7,10,12-13,30H,2-5,8-9H2,1H3,(H,26,31)/t12-,13+/m1/s1. The Morgan fingerprint density at radius 1 is 1.19 bits per heavy atom. The van der Waals surface area contributed by atoms with Crippen molar-refractivity contribution in [1.82, 2.24) is 14.8 Å². The predicted molar refractivity (Wildman–Crippen MR) is 108 cm³/mol. The second-order valence-corrected chi connectivity index (χ2v) is 8.11. The summed E-state index contributed by atoms with van der Waals surface area (Å²) >= 11 is 0. The average molecular weight is 449 g/mol. The van der Waals surface area contributed by atoms with Gasteiger partial charge in [0.05, 0.1) is 6.04 Å². The van der Waals surface area contributed by atoms with Crippen LogP contribution in [0.5, 0.6) is 5.75 Å². The fourth-order valence-electron chi connectivity index (χ4n) is 4.53. The van der Waals surface area contributed by atoms with E-state index in [0.717, 1.165) is 19.3 Å². The second-order valence-electron chi connectivity index (χ2n) is 8.11. The van der Waals surface area contributed by atoms with Crippen LogP contribution >= 0.6 is 0 Å². The molecule has 0 unspecified atom stereocenters. The number of fused-ring (bicyclic) bond motifs is 4. The molecule has 1 fully saturated rings. The number of hydrogen-bond acceptors (Lipinski definition) is 4. The topological polar surface area (TPSA) is 91.6 Å². The zero-order chi connectivity index (χ0) is 23.2. The van der Waals surface area contributed by atoms with E-state index in [0.29, 0.717) is 25.1 Å². The number of rotatable bonds is 4. The molecular formula is C22H22F3N3O4. The van der Waals surface area contributed by atoms with E-state index < -0.39 is 58.1 Å². The third-order valence-corrected chi connectivity index (χ3v) is 6.24. The maximum Gasteiger partial charge on any atom is 0.274 e. The molecule has 2 atom stereocenters. The highest BCUT2D eigenvalue weighted by Crippen LogP contribution is 2.34. The predicted octanol–water partition coefficient (Wildman–Crippen LogP) is 2.86. The van der Waals surface area contributed by atoms with E-state index in [1.165, 1.54) is 10.8 Å². The molecule has 7 nitrogen and oxygen atoms in total. The van der Waals surface area contributed by atoms with Gasteiger partial charge in [0.2, 0.25) is 5.43 Å². The van der Waals surface area contributed by atoms with E-state index in [9.17, 15) is 32.7 Å². The molecule has 1 aromatic heterocycles. The molecule has 1 aromatic carbocycles. The first-order chi connectivity index (χ1) is 15.2. The number of hydrogen-bond donors (Lipinski definition) is 2. The van der Waals surface area contributed by atoms with E-state index >= 15 is 0 Å². The maximum atomic E-state index is 13.8. The Balaban J connectivity index is 1.67. The Hall–Kier alpha value is -3.30. The van der Waals surface area contributed by atoms with Crippen LogP contribution in [0.15, 0.2) is 23.1 Å². The summed E-state index contributed by atoms with van der Waals surface area (Å²) in [5.41, 5.74) is -2.22. The molecule has 32 heavy (non-hydrogen) atoms. The van der Waals surface area contributed by atoms with Gasteiger partial charge in [0.25, 0.3) is 11.8 Å². The summed E-state index contributed by atoms with van der Waals surface area (Å²) < 4.78 is 42.2.